The van der Waals surface area contributed by atoms with E-state index in [9.17, 15) is 9.90 Å². The van der Waals surface area contributed by atoms with Gasteiger partial charge in [0, 0.05) is 19.0 Å². The number of hydrogen-bond donors (Lipinski definition) is 2. The molecular formula is C21H24N2O3. The van der Waals surface area contributed by atoms with Gasteiger partial charge < -0.3 is 20.1 Å². The summed E-state index contributed by atoms with van der Waals surface area (Å²) in [5, 5.41) is 13.2. The van der Waals surface area contributed by atoms with E-state index in [-0.39, 0.29) is 19.1 Å². The molecule has 0 saturated carbocycles. The van der Waals surface area contributed by atoms with E-state index in [1.807, 2.05) is 31.3 Å². The van der Waals surface area contributed by atoms with Crippen LogP contribution in [0.15, 0.2) is 48.5 Å². The van der Waals surface area contributed by atoms with Gasteiger partial charge in [-0.2, -0.15) is 0 Å². The lowest BCUT2D eigenvalue weighted by Crippen LogP contribution is -2.44. The summed E-state index contributed by atoms with van der Waals surface area (Å²) < 4.78 is 5.50. The number of likely N-dealkylation sites (N-methyl/N-ethyl adjacent to an activating group) is 1. The quantitative estimate of drug-likeness (QED) is 0.888. The highest BCUT2D eigenvalue weighted by atomic mass is 16.5. The van der Waals surface area contributed by atoms with Crippen molar-refractivity contribution in [3.05, 3.63) is 59.7 Å². The first kappa shape index (κ1) is 17.1. The molecule has 2 N–H and O–H groups in total. The molecule has 0 aromatic heterocycles. The topological polar surface area (TPSA) is 61.8 Å². The average molecular weight is 352 g/mol. The third kappa shape index (κ3) is 3.20. The van der Waals surface area contributed by atoms with Crippen molar-refractivity contribution in [2.75, 3.05) is 33.3 Å². The number of ether oxygens (including phenoxy) is 1. The summed E-state index contributed by atoms with van der Waals surface area (Å²) in [6.45, 7) is 1.91. The Morgan fingerprint density at radius 2 is 1.81 bits per heavy atom. The summed E-state index contributed by atoms with van der Waals surface area (Å²) in [5.74, 6) is 0.0499. The number of rotatable bonds is 4. The summed E-state index contributed by atoms with van der Waals surface area (Å²) in [6, 6.07) is 16.5. The van der Waals surface area contributed by atoms with Gasteiger partial charge in [-0.3, -0.25) is 0 Å². The summed E-state index contributed by atoms with van der Waals surface area (Å²) in [4.78, 5) is 14.2. The van der Waals surface area contributed by atoms with Crippen molar-refractivity contribution in [3.8, 4) is 11.1 Å². The molecule has 1 aliphatic carbocycles. The van der Waals surface area contributed by atoms with Gasteiger partial charge >= 0.3 is 6.09 Å². The minimum atomic E-state index is -0.861. The van der Waals surface area contributed by atoms with E-state index < -0.39 is 11.7 Å². The molecule has 0 radical (unpaired) electrons. The van der Waals surface area contributed by atoms with Crippen LogP contribution in [0, 0.1) is 0 Å². The third-order valence-electron chi connectivity index (χ3n) is 5.43. The number of nitrogens with zero attached hydrogens (tertiary/aromatic N) is 1. The molecule has 0 spiro atoms. The van der Waals surface area contributed by atoms with Crippen LogP contribution in [0.25, 0.3) is 11.1 Å². The van der Waals surface area contributed by atoms with Gasteiger partial charge in [0.2, 0.25) is 0 Å². The van der Waals surface area contributed by atoms with E-state index in [1.165, 1.54) is 22.3 Å². The molecule has 1 heterocycles. The van der Waals surface area contributed by atoms with Crippen molar-refractivity contribution in [2.45, 2.75) is 17.9 Å². The van der Waals surface area contributed by atoms with Crippen molar-refractivity contribution >= 4 is 6.09 Å². The number of nitrogens with one attached hydrogen (secondary N) is 1. The van der Waals surface area contributed by atoms with Crippen LogP contribution >= 0.6 is 0 Å². The van der Waals surface area contributed by atoms with Crippen LogP contribution in [0.5, 0.6) is 0 Å². The van der Waals surface area contributed by atoms with E-state index in [2.05, 4.69) is 34.5 Å². The highest BCUT2D eigenvalue weighted by Gasteiger charge is 2.35. The average Bonchev–Trinajstić information content (AvgIpc) is 3.16. The molecule has 26 heavy (non-hydrogen) atoms. The number of alkyl carbamates (subject to hydrolysis) is 1. The molecule has 2 aromatic rings. The zero-order chi connectivity index (χ0) is 18.1. The smallest absolute Gasteiger partial charge is 0.407 e. The molecule has 5 heteroatoms. The zero-order valence-corrected chi connectivity index (χ0v) is 14.9. The fraction of sp³-hybridized carbons (Fsp3) is 0.381. The van der Waals surface area contributed by atoms with Gasteiger partial charge in [0.05, 0.1) is 12.1 Å². The van der Waals surface area contributed by atoms with Gasteiger partial charge in [0.15, 0.2) is 0 Å². The van der Waals surface area contributed by atoms with Crippen molar-refractivity contribution in [3.63, 3.8) is 0 Å². The first-order valence-corrected chi connectivity index (χ1v) is 9.05. The van der Waals surface area contributed by atoms with Gasteiger partial charge in [-0.25, -0.2) is 4.79 Å². The number of fused-ring (bicyclic) bond motifs is 3. The highest BCUT2D eigenvalue weighted by Crippen LogP contribution is 2.44. The molecule has 1 saturated heterocycles. The van der Waals surface area contributed by atoms with E-state index >= 15 is 0 Å². The molecule has 4 rings (SSSR count). The van der Waals surface area contributed by atoms with E-state index in [1.54, 1.807) is 0 Å². The van der Waals surface area contributed by atoms with Gasteiger partial charge in [-0.1, -0.05) is 48.5 Å². The summed E-state index contributed by atoms with van der Waals surface area (Å²) in [7, 11) is 1.96. The van der Waals surface area contributed by atoms with Crippen LogP contribution in [0.4, 0.5) is 4.79 Å². The number of carbonyl (C=O) groups is 1. The minimum Gasteiger partial charge on any atom is -0.449 e. The molecule has 1 aliphatic heterocycles. The summed E-state index contributed by atoms with van der Waals surface area (Å²) in [5.41, 5.74) is 3.94. The maximum Gasteiger partial charge on any atom is 0.407 e. The van der Waals surface area contributed by atoms with Gasteiger partial charge in [0.1, 0.15) is 6.61 Å². The van der Waals surface area contributed by atoms with Gasteiger partial charge in [-0.05, 0) is 35.7 Å². The fourth-order valence-corrected chi connectivity index (χ4v) is 4.09. The number of hydrogen-bond acceptors (Lipinski definition) is 4. The van der Waals surface area contributed by atoms with E-state index in [0.717, 1.165) is 6.54 Å². The number of amides is 1. The molecule has 136 valence electrons. The van der Waals surface area contributed by atoms with Crippen molar-refractivity contribution < 1.29 is 14.6 Å². The molecular weight excluding hydrogens is 328 g/mol. The Morgan fingerprint density at radius 3 is 2.38 bits per heavy atom. The van der Waals surface area contributed by atoms with Gasteiger partial charge in [-0.15, -0.1) is 0 Å². The highest BCUT2D eigenvalue weighted by molar-refractivity contribution is 5.79. The number of carbonyl (C=O) groups excluding carboxylic acids is 1. The Hall–Kier alpha value is -2.37. The maximum atomic E-state index is 12.1. The van der Waals surface area contributed by atoms with E-state index in [4.69, 9.17) is 4.74 Å². The first-order valence-electron chi connectivity index (χ1n) is 9.05. The molecule has 2 aliphatic rings. The molecule has 1 amide bonds. The van der Waals surface area contributed by atoms with Crippen LogP contribution in [-0.4, -0.2) is 55.0 Å². The number of likely N-dealkylation sites (tertiary alicyclic amines) is 1. The summed E-state index contributed by atoms with van der Waals surface area (Å²) in [6.07, 6.45) is 0.183. The second-order valence-electron chi connectivity index (χ2n) is 7.39. The number of β-amino-alcohol motifs (C(OH)–C–C–N with tert-alkyl or cyclic N) is 1. The second kappa shape index (κ2) is 6.74. The monoisotopic (exact) mass is 352 g/mol. The third-order valence-corrected chi connectivity index (χ3v) is 5.43. The Bertz CT molecular complexity index is 777. The Balaban J connectivity index is 1.39. The Kier molecular flexibility index (Phi) is 4.42. The lowest BCUT2D eigenvalue weighted by Gasteiger charge is -2.23. The number of aliphatic hydroxyl groups is 1. The number of benzene rings is 2. The van der Waals surface area contributed by atoms with Crippen molar-refractivity contribution in [1.29, 1.82) is 0 Å². The molecule has 5 nitrogen and oxygen atoms in total. The van der Waals surface area contributed by atoms with Crippen LogP contribution in [0.3, 0.4) is 0 Å². The minimum absolute atomic E-state index is 0.0499. The summed E-state index contributed by atoms with van der Waals surface area (Å²) >= 11 is 0. The lowest BCUT2D eigenvalue weighted by atomic mass is 9.98. The molecule has 1 fully saturated rings. The van der Waals surface area contributed by atoms with Gasteiger partial charge in [0.25, 0.3) is 0 Å². The van der Waals surface area contributed by atoms with Crippen molar-refractivity contribution in [1.82, 2.24) is 10.2 Å². The predicted molar refractivity (Wildman–Crippen MR) is 100 cm³/mol. The second-order valence-corrected chi connectivity index (χ2v) is 7.39. The lowest BCUT2D eigenvalue weighted by molar-refractivity contribution is 0.0488. The largest absolute Gasteiger partial charge is 0.449 e. The molecule has 0 bridgehead atoms. The predicted octanol–water partition coefficient (Wildman–Crippen LogP) is 2.59. The first-order chi connectivity index (χ1) is 12.6. The maximum absolute atomic E-state index is 12.1. The molecule has 1 unspecified atom stereocenters. The zero-order valence-electron chi connectivity index (χ0n) is 14.9. The Labute approximate surface area is 153 Å². The van der Waals surface area contributed by atoms with Crippen LogP contribution in [0.1, 0.15) is 23.5 Å². The van der Waals surface area contributed by atoms with Crippen LogP contribution in [-0.2, 0) is 4.74 Å². The molecule has 2 aromatic carbocycles. The van der Waals surface area contributed by atoms with Crippen LogP contribution in [0.2, 0.25) is 0 Å². The Morgan fingerprint density at radius 1 is 1.19 bits per heavy atom. The van der Waals surface area contributed by atoms with Crippen molar-refractivity contribution in [2.24, 2.45) is 0 Å². The van der Waals surface area contributed by atoms with Crippen LogP contribution < -0.4 is 5.32 Å². The fourth-order valence-electron chi connectivity index (χ4n) is 4.09. The van der Waals surface area contributed by atoms with E-state index in [0.29, 0.717) is 13.0 Å². The normalized spacial score (nSPS) is 22.1. The SMILES string of the molecule is CN1CCC(O)(CNC(=O)OCC2c3ccccc3-c3ccccc32)C1. The molecule has 1 atom stereocenters. The standard InChI is InChI=1S/C21H24N2O3/c1-23-11-10-21(25,14-23)13-22-20(24)26-12-19-17-8-4-2-6-15(17)16-7-3-5-9-18(16)19/h2-9,19,25H,10-14H2,1H3,(H,22,24).